The van der Waals surface area contributed by atoms with E-state index in [1.807, 2.05) is 24.3 Å². The summed E-state index contributed by atoms with van der Waals surface area (Å²) >= 11 is 0. The zero-order chi connectivity index (χ0) is 20.9. The Hall–Kier alpha value is -1.74. The molecule has 8 heteroatoms. The number of rotatable bonds is 9. The van der Waals surface area contributed by atoms with Crippen LogP contribution in [0, 0.1) is 0 Å². The normalized spacial score (nSPS) is 12.6. The molecule has 0 aliphatic rings. The maximum Gasteiger partial charge on any atom is 0.243 e. The summed E-state index contributed by atoms with van der Waals surface area (Å²) in [4.78, 5) is 0.159. The highest BCUT2D eigenvalue weighted by molar-refractivity contribution is 7.89. The minimum absolute atomic E-state index is 0.0682. The van der Waals surface area contributed by atoms with Crippen LogP contribution in [0.3, 0.4) is 0 Å². The molecular formula is C20H28N2O4S2. The van der Waals surface area contributed by atoms with E-state index in [9.17, 15) is 16.8 Å². The molecule has 0 atom stereocenters. The SMILES string of the molecule is CCc1ccc(CN(C)S(=O)(=O)c2ccc(S(=O)(=O)N(CC)CC)cc2)cc1. The fourth-order valence-electron chi connectivity index (χ4n) is 2.90. The Balaban J connectivity index is 2.23. The molecule has 2 aromatic carbocycles. The first-order valence-corrected chi connectivity index (χ1v) is 12.2. The largest absolute Gasteiger partial charge is 0.243 e. The minimum Gasteiger partial charge on any atom is -0.207 e. The Morgan fingerprint density at radius 3 is 1.54 bits per heavy atom. The van der Waals surface area contributed by atoms with Crippen molar-refractivity contribution in [3.05, 3.63) is 59.7 Å². The van der Waals surface area contributed by atoms with Crippen molar-refractivity contribution >= 4 is 20.0 Å². The highest BCUT2D eigenvalue weighted by Crippen LogP contribution is 2.21. The first-order chi connectivity index (χ1) is 13.2. The molecule has 28 heavy (non-hydrogen) atoms. The maximum atomic E-state index is 12.8. The van der Waals surface area contributed by atoms with Crippen molar-refractivity contribution in [1.82, 2.24) is 8.61 Å². The molecule has 0 radical (unpaired) electrons. The highest BCUT2D eigenvalue weighted by Gasteiger charge is 2.24. The fourth-order valence-corrected chi connectivity index (χ4v) is 5.52. The van der Waals surface area contributed by atoms with Gasteiger partial charge in [-0.05, 0) is 41.8 Å². The number of hydrogen-bond acceptors (Lipinski definition) is 4. The summed E-state index contributed by atoms with van der Waals surface area (Å²) in [6.07, 6.45) is 0.928. The zero-order valence-corrected chi connectivity index (χ0v) is 18.4. The second kappa shape index (κ2) is 9.17. The maximum absolute atomic E-state index is 12.8. The third-order valence-electron chi connectivity index (χ3n) is 4.71. The second-order valence-corrected chi connectivity index (χ2v) is 10.5. The van der Waals surface area contributed by atoms with Crippen LogP contribution in [0.25, 0.3) is 0 Å². The van der Waals surface area contributed by atoms with Crippen LogP contribution in [0.2, 0.25) is 0 Å². The van der Waals surface area contributed by atoms with Crippen molar-refractivity contribution in [2.24, 2.45) is 0 Å². The van der Waals surface area contributed by atoms with Crippen molar-refractivity contribution in [3.63, 3.8) is 0 Å². The Bertz CT molecular complexity index is 980. The number of benzene rings is 2. The molecular weight excluding hydrogens is 396 g/mol. The van der Waals surface area contributed by atoms with Crippen LogP contribution in [0.5, 0.6) is 0 Å². The lowest BCUT2D eigenvalue weighted by Crippen LogP contribution is -2.30. The monoisotopic (exact) mass is 424 g/mol. The first kappa shape index (κ1) is 22.5. The molecule has 0 saturated heterocycles. The van der Waals surface area contributed by atoms with Gasteiger partial charge in [0.15, 0.2) is 0 Å². The smallest absolute Gasteiger partial charge is 0.207 e. The fraction of sp³-hybridized carbons (Fsp3) is 0.400. The van der Waals surface area contributed by atoms with E-state index in [0.29, 0.717) is 13.1 Å². The van der Waals surface area contributed by atoms with E-state index >= 15 is 0 Å². The molecule has 0 aliphatic heterocycles. The molecule has 0 unspecified atom stereocenters. The van der Waals surface area contributed by atoms with E-state index in [0.717, 1.165) is 12.0 Å². The van der Waals surface area contributed by atoms with Crippen molar-refractivity contribution in [1.29, 1.82) is 0 Å². The predicted molar refractivity (Wildman–Crippen MR) is 111 cm³/mol. The highest BCUT2D eigenvalue weighted by atomic mass is 32.2. The lowest BCUT2D eigenvalue weighted by molar-refractivity contribution is 0.445. The zero-order valence-electron chi connectivity index (χ0n) is 16.8. The van der Waals surface area contributed by atoms with Crippen LogP contribution in [0.1, 0.15) is 31.9 Å². The Morgan fingerprint density at radius 1 is 0.679 bits per heavy atom. The summed E-state index contributed by atoms with van der Waals surface area (Å²) in [7, 11) is -5.82. The number of aryl methyl sites for hydroxylation is 1. The van der Waals surface area contributed by atoms with Gasteiger partial charge in [0, 0.05) is 26.7 Å². The summed E-state index contributed by atoms with van der Waals surface area (Å²) < 4.78 is 53.4. The molecule has 0 bridgehead atoms. The van der Waals surface area contributed by atoms with Crippen molar-refractivity contribution in [2.75, 3.05) is 20.1 Å². The molecule has 0 spiro atoms. The summed E-state index contributed by atoms with van der Waals surface area (Å²) in [5.41, 5.74) is 2.09. The number of nitrogens with zero attached hydrogens (tertiary/aromatic N) is 2. The van der Waals surface area contributed by atoms with Gasteiger partial charge in [-0.15, -0.1) is 0 Å². The van der Waals surface area contributed by atoms with Crippen LogP contribution in [0.15, 0.2) is 58.3 Å². The molecule has 0 amide bonds. The Morgan fingerprint density at radius 2 is 1.11 bits per heavy atom. The van der Waals surface area contributed by atoms with Gasteiger partial charge in [-0.2, -0.15) is 8.61 Å². The van der Waals surface area contributed by atoms with Gasteiger partial charge in [-0.1, -0.05) is 45.0 Å². The summed E-state index contributed by atoms with van der Waals surface area (Å²) in [5.74, 6) is 0. The number of hydrogen-bond donors (Lipinski definition) is 0. The van der Waals surface area contributed by atoms with Gasteiger partial charge < -0.3 is 0 Å². The average Bonchev–Trinajstić information content (AvgIpc) is 2.69. The molecule has 6 nitrogen and oxygen atoms in total. The molecule has 0 N–H and O–H groups in total. The Labute approximate surface area is 168 Å². The first-order valence-electron chi connectivity index (χ1n) is 9.31. The molecule has 0 heterocycles. The van der Waals surface area contributed by atoms with Gasteiger partial charge in [0.25, 0.3) is 0 Å². The lowest BCUT2D eigenvalue weighted by Gasteiger charge is -2.20. The van der Waals surface area contributed by atoms with Gasteiger partial charge in [0.1, 0.15) is 0 Å². The molecule has 2 aromatic rings. The molecule has 154 valence electrons. The molecule has 0 aliphatic carbocycles. The standard InChI is InChI=1S/C20H28N2O4S2/c1-5-17-8-10-18(11-9-17)16-21(4)27(23,24)19-12-14-20(15-13-19)28(25,26)22(6-2)7-3/h8-15H,5-7,16H2,1-4H3. The van der Waals surface area contributed by atoms with Gasteiger partial charge in [-0.25, -0.2) is 16.8 Å². The van der Waals surface area contributed by atoms with Crippen molar-refractivity contribution < 1.29 is 16.8 Å². The van der Waals surface area contributed by atoms with E-state index in [4.69, 9.17) is 0 Å². The number of sulfonamides is 2. The van der Waals surface area contributed by atoms with Crippen LogP contribution in [0.4, 0.5) is 0 Å². The van der Waals surface area contributed by atoms with Gasteiger partial charge in [0.2, 0.25) is 20.0 Å². The van der Waals surface area contributed by atoms with E-state index < -0.39 is 20.0 Å². The van der Waals surface area contributed by atoms with E-state index in [2.05, 4.69) is 6.92 Å². The third kappa shape index (κ3) is 4.81. The van der Waals surface area contributed by atoms with Gasteiger partial charge in [-0.3, -0.25) is 0 Å². The van der Waals surface area contributed by atoms with Crippen molar-refractivity contribution in [2.45, 2.75) is 43.5 Å². The second-order valence-electron chi connectivity index (χ2n) is 6.49. The summed E-state index contributed by atoms with van der Waals surface area (Å²) in [5, 5.41) is 0. The third-order valence-corrected chi connectivity index (χ3v) is 8.59. The predicted octanol–water partition coefficient (Wildman–Crippen LogP) is 3.10. The van der Waals surface area contributed by atoms with Crippen LogP contribution in [-0.2, 0) is 33.0 Å². The van der Waals surface area contributed by atoms with E-state index in [1.54, 1.807) is 13.8 Å². The quantitative estimate of drug-likeness (QED) is 0.620. The van der Waals surface area contributed by atoms with Crippen molar-refractivity contribution in [3.8, 4) is 0 Å². The molecule has 0 saturated carbocycles. The minimum atomic E-state index is -3.72. The summed E-state index contributed by atoms with van der Waals surface area (Å²) in [6, 6.07) is 13.2. The van der Waals surface area contributed by atoms with E-state index in [1.165, 1.54) is 45.5 Å². The lowest BCUT2D eigenvalue weighted by atomic mass is 10.1. The van der Waals surface area contributed by atoms with Gasteiger partial charge >= 0.3 is 0 Å². The van der Waals surface area contributed by atoms with Crippen LogP contribution < -0.4 is 0 Å². The molecule has 2 rings (SSSR count). The molecule has 0 fully saturated rings. The topological polar surface area (TPSA) is 74.8 Å². The van der Waals surface area contributed by atoms with E-state index in [-0.39, 0.29) is 16.3 Å². The summed E-state index contributed by atoms with van der Waals surface area (Å²) in [6.45, 7) is 6.56. The Kier molecular flexibility index (Phi) is 7.39. The van der Waals surface area contributed by atoms with Crippen LogP contribution in [-0.4, -0.2) is 45.6 Å². The molecule has 0 aromatic heterocycles. The van der Waals surface area contributed by atoms with Gasteiger partial charge in [0.05, 0.1) is 9.79 Å². The average molecular weight is 425 g/mol. The van der Waals surface area contributed by atoms with Crippen LogP contribution >= 0.6 is 0 Å².